The van der Waals surface area contributed by atoms with Crippen molar-refractivity contribution in [2.24, 2.45) is 0 Å². The van der Waals surface area contributed by atoms with E-state index < -0.39 is 5.69 Å². The Balaban J connectivity index is 1.42. The van der Waals surface area contributed by atoms with Gasteiger partial charge < -0.3 is 10.1 Å². The molecule has 0 spiro atoms. The number of benzene rings is 2. The lowest BCUT2D eigenvalue weighted by Crippen LogP contribution is -2.39. The number of hydrogen-bond acceptors (Lipinski definition) is 6. The van der Waals surface area contributed by atoms with Crippen LogP contribution in [0.3, 0.4) is 0 Å². The van der Waals surface area contributed by atoms with Crippen molar-refractivity contribution in [3.05, 3.63) is 96.5 Å². The summed E-state index contributed by atoms with van der Waals surface area (Å²) in [5.41, 5.74) is 1.81. The second-order valence-electron chi connectivity index (χ2n) is 8.83. The molecule has 0 saturated carbocycles. The number of methoxy groups -OCH3 is 1. The molecule has 0 aliphatic rings. The smallest absolute Gasteiger partial charge is 0.331 e. The molecule has 1 amide bonds. The van der Waals surface area contributed by atoms with Gasteiger partial charge in [0.25, 0.3) is 5.56 Å². The van der Waals surface area contributed by atoms with E-state index in [-0.39, 0.29) is 24.6 Å². The van der Waals surface area contributed by atoms with Gasteiger partial charge in [-0.3, -0.25) is 23.5 Å². The van der Waals surface area contributed by atoms with E-state index in [0.717, 1.165) is 11.8 Å². The Bertz CT molecular complexity index is 1570. The van der Waals surface area contributed by atoms with Gasteiger partial charge in [-0.25, -0.2) is 4.79 Å². The highest BCUT2D eigenvalue weighted by Gasteiger charge is 2.16. The lowest BCUT2D eigenvalue weighted by molar-refractivity contribution is -0.121. The molecule has 38 heavy (non-hydrogen) atoms. The summed E-state index contributed by atoms with van der Waals surface area (Å²) in [6.45, 7) is 0.774. The van der Waals surface area contributed by atoms with Crippen LogP contribution in [0.4, 0.5) is 0 Å². The summed E-state index contributed by atoms with van der Waals surface area (Å²) in [4.78, 5) is 50.0. The van der Waals surface area contributed by atoms with E-state index in [1.165, 1.54) is 23.0 Å². The molecule has 0 bridgehead atoms. The fraction of sp³-hybridized carbons (Fsp3) is 0.286. The van der Waals surface area contributed by atoms with Gasteiger partial charge in [0.1, 0.15) is 16.7 Å². The molecular formula is C28H28ClN3O5S. The molecule has 10 heteroatoms. The molecule has 0 atom stereocenters. The summed E-state index contributed by atoms with van der Waals surface area (Å²) in [7, 11) is 1.53. The van der Waals surface area contributed by atoms with Crippen LogP contribution in [-0.2, 0) is 24.4 Å². The number of halogens is 1. The van der Waals surface area contributed by atoms with E-state index in [4.69, 9.17) is 16.3 Å². The Morgan fingerprint density at radius 1 is 1.05 bits per heavy atom. The number of aromatic nitrogens is 2. The first kappa shape index (κ1) is 27.3. The van der Waals surface area contributed by atoms with Crippen LogP contribution in [0.5, 0.6) is 5.75 Å². The molecule has 2 aromatic carbocycles. The van der Waals surface area contributed by atoms with Crippen LogP contribution in [-0.4, -0.2) is 28.4 Å². The quantitative estimate of drug-likeness (QED) is 0.204. The third-order valence-electron chi connectivity index (χ3n) is 6.32. The van der Waals surface area contributed by atoms with Crippen LogP contribution in [0, 0.1) is 0 Å². The van der Waals surface area contributed by atoms with Crippen molar-refractivity contribution in [1.29, 1.82) is 0 Å². The molecule has 8 nitrogen and oxygen atoms in total. The van der Waals surface area contributed by atoms with Crippen molar-refractivity contribution in [1.82, 2.24) is 14.5 Å². The highest BCUT2D eigenvalue weighted by molar-refractivity contribution is 7.17. The van der Waals surface area contributed by atoms with Gasteiger partial charge in [-0.05, 0) is 54.1 Å². The van der Waals surface area contributed by atoms with Crippen molar-refractivity contribution < 1.29 is 14.3 Å². The Hall–Kier alpha value is -3.69. The van der Waals surface area contributed by atoms with Gasteiger partial charge in [0, 0.05) is 35.7 Å². The van der Waals surface area contributed by atoms with E-state index >= 15 is 0 Å². The molecule has 2 aromatic heterocycles. The fourth-order valence-corrected chi connectivity index (χ4v) is 5.35. The van der Waals surface area contributed by atoms with Crippen molar-refractivity contribution in [3.8, 4) is 5.75 Å². The molecule has 2 heterocycles. The van der Waals surface area contributed by atoms with Gasteiger partial charge >= 0.3 is 5.69 Å². The molecular weight excluding hydrogens is 526 g/mol. The first-order chi connectivity index (χ1) is 18.4. The number of rotatable bonds is 12. The van der Waals surface area contributed by atoms with E-state index in [9.17, 15) is 19.2 Å². The van der Waals surface area contributed by atoms with Crippen LogP contribution >= 0.6 is 22.9 Å². The average Bonchev–Trinajstić information content (AvgIpc) is 3.42. The molecule has 0 fully saturated rings. The van der Waals surface area contributed by atoms with Gasteiger partial charge in [0.05, 0.1) is 19.2 Å². The van der Waals surface area contributed by atoms with Crippen molar-refractivity contribution in [3.63, 3.8) is 0 Å². The van der Waals surface area contributed by atoms with Crippen LogP contribution < -0.4 is 21.3 Å². The van der Waals surface area contributed by atoms with Gasteiger partial charge in [0.15, 0.2) is 0 Å². The van der Waals surface area contributed by atoms with E-state index in [1.54, 1.807) is 40.3 Å². The third-order valence-corrected chi connectivity index (χ3v) is 7.59. The zero-order chi connectivity index (χ0) is 27.1. The molecule has 0 aliphatic carbocycles. The number of thiophene rings is 1. The predicted molar refractivity (Wildman–Crippen MR) is 150 cm³/mol. The standard InChI is InChI=1S/C28H28ClN3O5S/c1-37-24-11-10-19(18-33)15-21(24)17-32-23-12-14-38-26(23)27(35)31(28(32)36)13-6-2-3-9-25(34)30-16-20-7-4-5-8-22(20)29/h4-5,7-8,10-12,14-15,18H,2-3,6,9,13,16-17H2,1H3,(H,30,34). The Labute approximate surface area is 228 Å². The number of carbonyl (C=O) groups excluding carboxylic acids is 2. The monoisotopic (exact) mass is 553 g/mol. The summed E-state index contributed by atoms with van der Waals surface area (Å²) in [6.07, 6.45) is 2.98. The van der Waals surface area contributed by atoms with Gasteiger partial charge in [-0.15, -0.1) is 11.3 Å². The summed E-state index contributed by atoms with van der Waals surface area (Å²) >= 11 is 7.41. The number of unbranched alkanes of at least 4 members (excludes halogenated alkanes) is 2. The largest absolute Gasteiger partial charge is 0.496 e. The normalized spacial score (nSPS) is 11.0. The zero-order valence-electron chi connectivity index (χ0n) is 20.9. The van der Waals surface area contributed by atoms with Crippen LogP contribution in [0.2, 0.25) is 5.02 Å². The summed E-state index contributed by atoms with van der Waals surface area (Å²) in [5.74, 6) is 0.479. The highest BCUT2D eigenvalue weighted by Crippen LogP contribution is 2.23. The summed E-state index contributed by atoms with van der Waals surface area (Å²) in [6, 6.07) is 14.1. The molecule has 0 aliphatic heterocycles. The number of nitrogens with one attached hydrogen (secondary N) is 1. The number of nitrogens with zero attached hydrogens (tertiary/aromatic N) is 2. The second kappa shape index (κ2) is 12.7. The first-order valence-electron chi connectivity index (χ1n) is 12.3. The van der Waals surface area contributed by atoms with E-state index in [0.29, 0.717) is 64.3 Å². The fourth-order valence-electron chi connectivity index (χ4n) is 4.31. The van der Waals surface area contributed by atoms with Gasteiger partial charge in [-0.1, -0.05) is 36.2 Å². The van der Waals surface area contributed by atoms with Crippen LogP contribution in [0.1, 0.15) is 47.2 Å². The number of fused-ring (bicyclic) bond motifs is 1. The van der Waals surface area contributed by atoms with Crippen LogP contribution in [0.25, 0.3) is 10.2 Å². The second-order valence-corrected chi connectivity index (χ2v) is 10.2. The minimum Gasteiger partial charge on any atom is -0.496 e. The average molecular weight is 554 g/mol. The highest BCUT2D eigenvalue weighted by atomic mass is 35.5. The Morgan fingerprint density at radius 3 is 2.63 bits per heavy atom. The molecule has 4 rings (SSSR count). The SMILES string of the molecule is COc1ccc(C=O)cc1Cn1c(=O)n(CCCCCC(=O)NCc2ccccc2Cl)c(=O)c2sccc21. The number of hydrogen-bond donors (Lipinski definition) is 1. The molecule has 0 radical (unpaired) electrons. The summed E-state index contributed by atoms with van der Waals surface area (Å²) in [5, 5.41) is 5.27. The summed E-state index contributed by atoms with van der Waals surface area (Å²) < 4.78 is 8.72. The lowest BCUT2D eigenvalue weighted by atomic mass is 10.1. The number of aldehydes is 1. The van der Waals surface area contributed by atoms with Crippen molar-refractivity contribution >= 4 is 45.3 Å². The minimum absolute atomic E-state index is 0.0732. The van der Waals surface area contributed by atoms with Gasteiger partial charge in [0.2, 0.25) is 5.91 Å². The Kier molecular flexibility index (Phi) is 9.15. The number of carbonyl (C=O) groups is 2. The van der Waals surface area contributed by atoms with Crippen LogP contribution in [0.15, 0.2) is 63.5 Å². The molecule has 0 saturated heterocycles. The third kappa shape index (κ3) is 6.23. The molecule has 4 aromatic rings. The molecule has 198 valence electrons. The number of amides is 1. The molecule has 0 unspecified atom stereocenters. The number of ether oxygens (including phenoxy) is 1. The first-order valence-corrected chi connectivity index (χ1v) is 13.5. The van der Waals surface area contributed by atoms with Crippen molar-refractivity contribution in [2.45, 2.75) is 45.3 Å². The minimum atomic E-state index is -0.419. The maximum Gasteiger partial charge on any atom is 0.331 e. The Morgan fingerprint density at radius 2 is 1.87 bits per heavy atom. The predicted octanol–water partition coefficient (Wildman–Crippen LogP) is 4.62. The van der Waals surface area contributed by atoms with E-state index in [1.807, 2.05) is 18.2 Å². The lowest BCUT2D eigenvalue weighted by Gasteiger charge is -2.14. The molecule has 1 N–H and O–H groups in total. The van der Waals surface area contributed by atoms with Gasteiger partial charge in [-0.2, -0.15) is 0 Å². The zero-order valence-corrected chi connectivity index (χ0v) is 22.5. The maximum atomic E-state index is 13.4. The topological polar surface area (TPSA) is 99.4 Å². The van der Waals surface area contributed by atoms with E-state index in [2.05, 4.69) is 5.32 Å². The van der Waals surface area contributed by atoms with Crippen molar-refractivity contribution in [2.75, 3.05) is 7.11 Å². The maximum absolute atomic E-state index is 13.4.